The Morgan fingerprint density at radius 2 is 1.69 bits per heavy atom. The largest absolute Gasteiger partial charge is 0.348 e. The number of benzene rings is 1. The molecule has 0 aromatic heterocycles. The Hall–Kier alpha value is -0.850. The topological polar surface area (TPSA) is 61.6 Å². The van der Waals surface area contributed by atoms with Gasteiger partial charge in [0.2, 0.25) is 5.91 Å². The first kappa shape index (κ1) is 23.2. The summed E-state index contributed by atoms with van der Waals surface area (Å²) in [6.45, 7) is 8.01. The molecule has 2 aliphatic rings. The highest BCUT2D eigenvalue weighted by atomic mass is 35.5. The van der Waals surface area contributed by atoms with Crippen molar-refractivity contribution in [2.45, 2.75) is 31.8 Å². The number of nitrogens with zero attached hydrogens (tertiary/aromatic N) is 2. The zero-order valence-electron chi connectivity index (χ0n) is 15.5. The Kier molecular flexibility index (Phi) is 9.34. The van der Waals surface area contributed by atoms with Gasteiger partial charge in [-0.1, -0.05) is 30.3 Å². The van der Waals surface area contributed by atoms with Crippen molar-refractivity contribution < 1.29 is 4.79 Å². The quantitative estimate of drug-likeness (QED) is 0.730. The summed E-state index contributed by atoms with van der Waals surface area (Å²) in [4.78, 5) is 17.1. The van der Waals surface area contributed by atoms with Gasteiger partial charge in [-0.05, 0) is 31.2 Å². The van der Waals surface area contributed by atoms with E-state index in [0.29, 0.717) is 19.0 Å². The van der Waals surface area contributed by atoms with Crippen molar-refractivity contribution in [1.82, 2.24) is 15.1 Å². The third-order valence-corrected chi connectivity index (χ3v) is 5.41. The summed E-state index contributed by atoms with van der Waals surface area (Å²) in [5.41, 5.74) is 7.02. The van der Waals surface area contributed by atoms with Gasteiger partial charge in [0, 0.05) is 39.3 Å². The van der Waals surface area contributed by atoms with Crippen molar-refractivity contribution in [1.29, 1.82) is 0 Å². The second-order valence-electron chi connectivity index (χ2n) is 7.48. The zero-order chi connectivity index (χ0) is 17.0. The van der Waals surface area contributed by atoms with Gasteiger partial charge in [0.05, 0.1) is 12.1 Å². The molecule has 1 saturated carbocycles. The van der Waals surface area contributed by atoms with Gasteiger partial charge in [-0.15, -0.1) is 24.8 Å². The monoisotopic (exact) mass is 402 g/mol. The van der Waals surface area contributed by atoms with Crippen LogP contribution in [0.3, 0.4) is 0 Å². The van der Waals surface area contributed by atoms with Crippen LogP contribution in [0.15, 0.2) is 30.3 Å². The molecule has 0 spiro atoms. The van der Waals surface area contributed by atoms with Crippen LogP contribution in [0.4, 0.5) is 0 Å². The van der Waals surface area contributed by atoms with Crippen molar-refractivity contribution in [3.8, 4) is 0 Å². The number of nitrogens with one attached hydrogen (secondary N) is 1. The van der Waals surface area contributed by atoms with E-state index in [1.807, 2.05) is 0 Å². The van der Waals surface area contributed by atoms with Crippen LogP contribution < -0.4 is 11.1 Å². The molecule has 1 heterocycles. The van der Waals surface area contributed by atoms with Gasteiger partial charge in [0.1, 0.15) is 0 Å². The van der Waals surface area contributed by atoms with Gasteiger partial charge in [0.25, 0.3) is 0 Å². The lowest BCUT2D eigenvalue weighted by Gasteiger charge is -2.35. The average Bonchev–Trinajstić information content (AvgIpc) is 3.43. The summed E-state index contributed by atoms with van der Waals surface area (Å²) >= 11 is 0. The molecule has 3 N–H and O–H groups in total. The van der Waals surface area contributed by atoms with E-state index in [2.05, 4.69) is 52.4 Å². The number of rotatable bonds is 7. The fourth-order valence-corrected chi connectivity index (χ4v) is 3.55. The van der Waals surface area contributed by atoms with E-state index in [1.165, 1.54) is 18.4 Å². The van der Waals surface area contributed by atoms with E-state index < -0.39 is 0 Å². The molecule has 0 radical (unpaired) electrons. The molecule has 1 unspecified atom stereocenters. The van der Waals surface area contributed by atoms with Gasteiger partial charge in [-0.25, -0.2) is 0 Å². The van der Waals surface area contributed by atoms with Crippen LogP contribution >= 0.6 is 24.8 Å². The molecule has 26 heavy (non-hydrogen) atoms. The maximum absolute atomic E-state index is 12.4. The Morgan fingerprint density at radius 1 is 1.12 bits per heavy atom. The molecule has 3 rings (SSSR count). The van der Waals surface area contributed by atoms with Crippen molar-refractivity contribution in [3.63, 3.8) is 0 Å². The molecule has 148 valence electrons. The molecule has 1 atom stereocenters. The van der Waals surface area contributed by atoms with Crippen LogP contribution in [0.1, 0.15) is 25.3 Å². The van der Waals surface area contributed by atoms with E-state index >= 15 is 0 Å². The Bertz CT molecular complexity index is 548. The molecule has 1 saturated heterocycles. The minimum absolute atomic E-state index is 0. The lowest BCUT2D eigenvalue weighted by molar-refractivity contribution is -0.124. The smallest absolute Gasteiger partial charge is 0.234 e. The van der Waals surface area contributed by atoms with Crippen molar-refractivity contribution in [3.05, 3.63) is 35.9 Å². The highest BCUT2D eigenvalue weighted by molar-refractivity contribution is 5.85. The van der Waals surface area contributed by atoms with Crippen molar-refractivity contribution >= 4 is 30.7 Å². The molecule has 5 nitrogen and oxygen atoms in total. The number of piperazine rings is 1. The van der Waals surface area contributed by atoms with E-state index in [4.69, 9.17) is 5.73 Å². The Morgan fingerprint density at radius 3 is 2.23 bits per heavy atom. The third kappa shape index (κ3) is 6.39. The zero-order valence-corrected chi connectivity index (χ0v) is 17.2. The van der Waals surface area contributed by atoms with Crippen LogP contribution in [0.5, 0.6) is 0 Å². The lowest BCUT2D eigenvalue weighted by Crippen LogP contribution is -2.56. The van der Waals surface area contributed by atoms with Gasteiger partial charge in [-0.3, -0.25) is 14.6 Å². The summed E-state index contributed by atoms with van der Waals surface area (Å²) in [7, 11) is 0. The minimum atomic E-state index is -0.216. The first-order chi connectivity index (χ1) is 11.6. The molecule has 1 aliphatic carbocycles. The van der Waals surface area contributed by atoms with E-state index in [-0.39, 0.29) is 36.3 Å². The molecule has 7 heteroatoms. The van der Waals surface area contributed by atoms with Crippen LogP contribution in [-0.4, -0.2) is 60.5 Å². The first-order valence-corrected chi connectivity index (χ1v) is 9.09. The Labute approximate surface area is 169 Å². The fourth-order valence-electron chi connectivity index (χ4n) is 3.55. The SMILES string of the molecule is CC(CN)(NC(=O)CN1CCN(Cc2ccccc2)CC1)C1CC1.Cl.Cl. The summed E-state index contributed by atoms with van der Waals surface area (Å²) in [6, 6.07) is 10.6. The van der Waals surface area contributed by atoms with Crippen LogP contribution in [0.25, 0.3) is 0 Å². The molecule has 1 aliphatic heterocycles. The highest BCUT2D eigenvalue weighted by Crippen LogP contribution is 2.38. The summed E-state index contributed by atoms with van der Waals surface area (Å²) in [5.74, 6) is 0.681. The average molecular weight is 403 g/mol. The number of amides is 1. The normalized spacial score (nSPS) is 20.4. The number of halogens is 2. The van der Waals surface area contributed by atoms with Gasteiger partial charge in [0.15, 0.2) is 0 Å². The summed E-state index contributed by atoms with van der Waals surface area (Å²) < 4.78 is 0. The molecule has 1 amide bonds. The number of carbonyl (C=O) groups is 1. The second-order valence-corrected chi connectivity index (χ2v) is 7.48. The maximum atomic E-state index is 12.4. The second kappa shape index (κ2) is 10.5. The lowest BCUT2D eigenvalue weighted by atomic mass is 9.96. The molecular formula is C19H32Cl2N4O. The van der Waals surface area contributed by atoms with Crippen molar-refractivity contribution in [2.24, 2.45) is 11.7 Å². The molecule has 1 aromatic rings. The molecule has 1 aromatic carbocycles. The predicted molar refractivity (Wildman–Crippen MR) is 111 cm³/mol. The van der Waals surface area contributed by atoms with Crippen LogP contribution in [-0.2, 0) is 11.3 Å². The maximum Gasteiger partial charge on any atom is 0.234 e. The van der Waals surface area contributed by atoms with Gasteiger partial charge >= 0.3 is 0 Å². The number of carbonyl (C=O) groups excluding carboxylic acids is 1. The van der Waals surface area contributed by atoms with E-state index in [9.17, 15) is 4.79 Å². The predicted octanol–water partition coefficient (Wildman–Crippen LogP) is 1.89. The third-order valence-electron chi connectivity index (χ3n) is 5.41. The van der Waals surface area contributed by atoms with Gasteiger partial charge < -0.3 is 11.1 Å². The summed E-state index contributed by atoms with van der Waals surface area (Å²) in [5, 5.41) is 3.18. The first-order valence-electron chi connectivity index (χ1n) is 9.09. The number of nitrogens with two attached hydrogens (primary N) is 1. The van der Waals surface area contributed by atoms with Crippen LogP contribution in [0, 0.1) is 5.92 Å². The summed E-state index contributed by atoms with van der Waals surface area (Å²) in [6.07, 6.45) is 2.37. The number of hydrogen-bond acceptors (Lipinski definition) is 4. The molecule has 0 bridgehead atoms. The fraction of sp³-hybridized carbons (Fsp3) is 0.632. The number of hydrogen-bond donors (Lipinski definition) is 2. The molecule has 2 fully saturated rings. The van der Waals surface area contributed by atoms with E-state index in [1.54, 1.807) is 0 Å². The van der Waals surface area contributed by atoms with Gasteiger partial charge in [-0.2, -0.15) is 0 Å². The highest BCUT2D eigenvalue weighted by Gasteiger charge is 2.41. The van der Waals surface area contributed by atoms with E-state index in [0.717, 1.165) is 32.7 Å². The van der Waals surface area contributed by atoms with Crippen molar-refractivity contribution in [2.75, 3.05) is 39.3 Å². The molecular weight excluding hydrogens is 371 g/mol. The van der Waals surface area contributed by atoms with Crippen LogP contribution in [0.2, 0.25) is 0 Å². The Balaban J connectivity index is 0.00000169. The minimum Gasteiger partial charge on any atom is -0.348 e. The standard InChI is InChI=1S/C19H30N4O.2ClH/c1-19(15-20,17-7-8-17)21-18(24)14-23-11-9-22(10-12-23)13-16-5-3-2-4-6-16;;/h2-6,17H,7-15,20H2,1H3,(H,21,24);2*1H.